The summed E-state index contributed by atoms with van der Waals surface area (Å²) in [7, 11) is 1.61. The number of fused-ring (bicyclic) bond motifs is 1. The van der Waals surface area contributed by atoms with Crippen LogP contribution >= 0.6 is 0 Å². The molecule has 8 nitrogen and oxygen atoms in total. The molecule has 1 aromatic heterocycles. The summed E-state index contributed by atoms with van der Waals surface area (Å²) in [5.41, 5.74) is 2.01. The van der Waals surface area contributed by atoms with Gasteiger partial charge in [0.05, 0.1) is 25.9 Å². The van der Waals surface area contributed by atoms with Gasteiger partial charge in [-0.05, 0) is 38.0 Å². The van der Waals surface area contributed by atoms with Crippen molar-refractivity contribution in [1.82, 2.24) is 14.8 Å². The van der Waals surface area contributed by atoms with Crippen LogP contribution in [0.25, 0.3) is 0 Å². The molecule has 0 saturated carbocycles. The van der Waals surface area contributed by atoms with E-state index in [1.807, 2.05) is 25.1 Å². The largest absolute Gasteiger partial charge is 0.493 e. The molecule has 0 saturated heterocycles. The van der Waals surface area contributed by atoms with E-state index >= 15 is 0 Å². The number of aromatic nitrogens is 3. The first-order chi connectivity index (χ1) is 14.1. The van der Waals surface area contributed by atoms with E-state index in [1.54, 1.807) is 18.7 Å². The van der Waals surface area contributed by atoms with Crippen LogP contribution in [0.3, 0.4) is 0 Å². The summed E-state index contributed by atoms with van der Waals surface area (Å²) >= 11 is 0. The van der Waals surface area contributed by atoms with Crippen LogP contribution in [-0.4, -0.2) is 41.1 Å². The number of nitrogens with one attached hydrogen (secondary N) is 1. The van der Waals surface area contributed by atoms with Crippen LogP contribution in [0, 0.1) is 0 Å². The molecule has 0 aliphatic carbocycles. The van der Waals surface area contributed by atoms with E-state index in [0.29, 0.717) is 41.9 Å². The maximum Gasteiger partial charge on any atom is 0.338 e. The quantitative estimate of drug-likeness (QED) is 0.507. The van der Waals surface area contributed by atoms with Crippen molar-refractivity contribution in [2.45, 2.75) is 46.1 Å². The lowest BCUT2D eigenvalue weighted by Gasteiger charge is -2.28. The Morgan fingerprint density at radius 1 is 1.24 bits per heavy atom. The zero-order valence-corrected chi connectivity index (χ0v) is 17.4. The second-order valence-corrected chi connectivity index (χ2v) is 6.78. The molecule has 1 unspecified atom stereocenters. The lowest BCUT2D eigenvalue weighted by molar-refractivity contribution is -0.139. The third-order valence-corrected chi connectivity index (χ3v) is 4.80. The molecule has 0 radical (unpaired) electrons. The minimum absolute atomic E-state index is 0.292. The molecule has 1 aliphatic rings. The number of carbonyl (C=O) groups excluding carboxylic acids is 1. The van der Waals surface area contributed by atoms with Crippen LogP contribution in [0.1, 0.15) is 51.6 Å². The Hall–Kier alpha value is -3.03. The van der Waals surface area contributed by atoms with Gasteiger partial charge in [0.1, 0.15) is 12.4 Å². The molecular formula is C21H28N4O4. The van der Waals surface area contributed by atoms with Crippen molar-refractivity contribution in [2.75, 3.05) is 25.6 Å². The molecule has 1 aromatic carbocycles. The van der Waals surface area contributed by atoms with Crippen LogP contribution in [-0.2, 0) is 9.53 Å². The van der Waals surface area contributed by atoms with Gasteiger partial charge in [0.15, 0.2) is 11.5 Å². The van der Waals surface area contributed by atoms with Crippen LogP contribution in [0.5, 0.6) is 11.5 Å². The summed E-state index contributed by atoms with van der Waals surface area (Å²) in [6.07, 6.45) is 4.71. The number of ether oxygens (including phenoxy) is 3. The van der Waals surface area contributed by atoms with Gasteiger partial charge in [0.25, 0.3) is 0 Å². The minimum Gasteiger partial charge on any atom is -0.493 e. The van der Waals surface area contributed by atoms with Gasteiger partial charge in [-0.15, -0.1) is 0 Å². The number of methoxy groups -OCH3 is 1. The highest BCUT2D eigenvalue weighted by atomic mass is 16.5. The lowest BCUT2D eigenvalue weighted by atomic mass is 9.95. The van der Waals surface area contributed by atoms with Crippen molar-refractivity contribution >= 4 is 11.9 Å². The van der Waals surface area contributed by atoms with E-state index in [1.165, 1.54) is 6.33 Å². The Morgan fingerprint density at radius 3 is 2.79 bits per heavy atom. The molecule has 29 heavy (non-hydrogen) atoms. The predicted octanol–water partition coefficient (Wildman–Crippen LogP) is 3.71. The van der Waals surface area contributed by atoms with Crippen molar-refractivity contribution in [3.8, 4) is 11.5 Å². The predicted molar refractivity (Wildman–Crippen MR) is 109 cm³/mol. The van der Waals surface area contributed by atoms with E-state index in [4.69, 9.17) is 14.2 Å². The van der Waals surface area contributed by atoms with Gasteiger partial charge in [0.2, 0.25) is 5.95 Å². The van der Waals surface area contributed by atoms with Gasteiger partial charge < -0.3 is 19.5 Å². The molecule has 0 fully saturated rings. The van der Waals surface area contributed by atoms with Crippen LogP contribution in [0.2, 0.25) is 0 Å². The number of benzene rings is 1. The average Bonchev–Trinajstić information content (AvgIpc) is 3.18. The van der Waals surface area contributed by atoms with Gasteiger partial charge >= 0.3 is 5.97 Å². The van der Waals surface area contributed by atoms with Gasteiger partial charge in [-0.3, -0.25) is 0 Å². The molecule has 8 heteroatoms. The Kier molecular flexibility index (Phi) is 6.74. The summed E-state index contributed by atoms with van der Waals surface area (Å²) in [5, 5.41) is 7.44. The van der Waals surface area contributed by atoms with Gasteiger partial charge in [0, 0.05) is 5.70 Å². The summed E-state index contributed by atoms with van der Waals surface area (Å²) in [6, 6.07) is 5.20. The highest BCUT2D eigenvalue weighted by Gasteiger charge is 2.34. The van der Waals surface area contributed by atoms with E-state index in [0.717, 1.165) is 24.8 Å². The van der Waals surface area contributed by atoms with E-state index in [9.17, 15) is 4.79 Å². The van der Waals surface area contributed by atoms with Gasteiger partial charge in [-0.25, -0.2) is 9.48 Å². The Balaban J connectivity index is 1.97. The monoisotopic (exact) mass is 400 g/mol. The zero-order valence-electron chi connectivity index (χ0n) is 17.4. The molecule has 0 amide bonds. The number of nitrogens with zero attached hydrogens (tertiary/aromatic N) is 3. The molecule has 2 aromatic rings. The Labute approximate surface area is 170 Å². The molecule has 156 valence electrons. The number of hydrogen-bond donors (Lipinski definition) is 1. The SMILES string of the molecule is CCCCCOc1ccc(C2C(C(=O)OCC)=C(C)Nc3ncnn32)cc1OC. The second kappa shape index (κ2) is 9.45. The highest BCUT2D eigenvalue weighted by molar-refractivity contribution is 5.92. The summed E-state index contributed by atoms with van der Waals surface area (Å²) in [6.45, 7) is 6.70. The van der Waals surface area contributed by atoms with E-state index in [2.05, 4.69) is 22.3 Å². The Morgan fingerprint density at radius 2 is 2.07 bits per heavy atom. The Bertz CT molecular complexity index is 891. The van der Waals surface area contributed by atoms with Crippen molar-refractivity contribution < 1.29 is 19.0 Å². The molecule has 0 bridgehead atoms. The van der Waals surface area contributed by atoms with Crippen LogP contribution in [0.4, 0.5) is 5.95 Å². The maximum atomic E-state index is 12.7. The number of carbonyl (C=O) groups is 1. The van der Waals surface area contributed by atoms with Crippen molar-refractivity contribution in [2.24, 2.45) is 0 Å². The number of unbranched alkanes of at least 4 members (excludes halogenated alkanes) is 2. The fourth-order valence-corrected chi connectivity index (χ4v) is 3.38. The maximum absolute atomic E-state index is 12.7. The van der Waals surface area contributed by atoms with Crippen molar-refractivity contribution in [1.29, 1.82) is 0 Å². The van der Waals surface area contributed by atoms with Crippen LogP contribution in [0.15, 0.2) is 35.8 Å². The number of anilines is 1. The van der Waals surface area contributed by atoms with Gasteiger partial charge in [-0.2, -0.15) is 10.1 Å². The molecule has 2 heterocycles. The first kappa shape index (κ1) is 20.7. The van der Waals surface area contributed by atoms with Crippen molar-refractivity contribution in [3.63, 3.8) is 0 Å². The third-order valence-electron chi connectivity index (χ3n) is 4.80. The lowest BCUT2D eigenvalue weighted by Crippen LogP contribution is -2.29. The molecule has 0 spiro atoms. The van der Waals surface area contributed by atoms with E-state index < -0.39 is 6.04 Å². The van der Waals surface area contributed by atoms with Gasteiger partial charge in [-0.1, -0.05) is 25.8 Å². The average molecular weight is 400 g/mol. The second-order valence-electron chi connectivity index (χ2n) is 6.78. The van der Waals surface area contributed by atoms with E-state index in [-0.39, 0.29) is 5.97 Å². The number of hydrogen-bond acceptors (Lipinski definition) is 7. The van der Waals surface area contributed by atoms with Crippen molar-refractivity contribution in [3.05, 3.63) is 41.4 Å². The number of rotatable bonds is 9. The standard InChI is InChI=1S/C21H28N4O4/c1-5-7-8-11-29-16-10-9-15(12-17(16)27-4)19-18(20(26)28-6-2)14(3)24-21-22-13-23-25(19)21/h9-10,12-13,19H,5-8,11H2,1-4H3,(H,22,23,24). The third kappa shape index (κ3) is 4.36. The summed E-state index contributed by atoms with van der Waals surface area (Å²) in [5.74, 6) is 1.47. The smallest absolute Gasteiger partial charge is 0.338 e. The number of esters is 1. The minimum atomic E-state index is -0.476. The summed E-state index contributed by atoms with van der Waals surface area (Å²) in [4.78, 5) is 16.9. The number of allylic oxidation sites excluding steroid dienone is 1. The molecule has 1 atom stereocenters. The molecule has 3 rings (SSSR count). The fraction of sp³-hybridized carbons (Fsp3) is 0.476. The van der Waals surface area contributed by atoms with Crippen LogP contribution < -0.4 is 14.8 Å². The summed E-state index contributed by atoms with van der Waals surface area (Å²) < 4.78 is 18.4. The first-order valence-electron chi connectivity index (χ1n) is 9.95. The topological polar surface area (TPSA) is 87.5 Å². The molecular weight excluding hydrogens is 372 g/mol. The fourth-order valence-electron chi connectivity index (χ4n) is 3.38. The normalized spacial score (nSPS) is 15.5. The first-order valence-corrected chi connectivity index (χ1v) is 9.95. The zero-order chi connectivity index (χ0) is 20.8. The highest BCUT2D eigenvalue weighted by Crippen LogP contribution is 2.38. The molecule has 1 N–H and O–H groups in total. The molecule has 1 aliphatic heterocycles.